The minimum atomic E-state index is -0.549. The molecular formula is C21H24N4OS. The van der Waals surface area contributed by atoms with E-state index in [1.165, 1.54) is 11.3 Å². The molecule has 0 bridgehead atoms. The van der Waals surface area contributed by atoms with Gasteiger partial charge in [0.1, 0.15) is 0 Å². The third-order valence-electron chi connectivity index (χ3n) is 4.08. The van der Waals surface area contributed by atoms with Crippen LogP contribution in [0.1, 0.15) is 27.2 Å². The fourth-order valence-electron chi connectivity index (χ4n) is 2.82. The van der Waals surface area contributed by atoms with Gasteiger partial charge in [-0.25, -0.2) is 4.98 Å². The highest BCUT2D eigenvalue weighted by Gasteiger charge is 2.22. The molecule has 0 aliphatic heterocycles. The summed E-state index contributed by atoms with van der Waals surface area (Å²) in [4.78, 5) is 20.9. The molecule has 6 heteroatoms. The molecule has 1 aromatic carbocycles. The molecular weight excluding hydrogens is 356 g/mol. The molecule has 0 fully saturated rings. The van der Waals surface area contributed by atoms with Crippen LogP contribution in [-0.2, 0) is 4.79 Å². The van der Waals surface area contributed by atoms with Crippen LogP contribution in [0.3, 0.4) is 0 Å². The molecule has 0 unspecified atom stereocenters. The standard InChI is InChI=1S/C21H24N4OS/c1-21(2,3)12-17(22)19(26)25-20-24-18(13-27-20)16-6-4-5-15(11-16)14-7-9-23-10-8-14/h4-11,13,17H,12,22H2,1-3H3,(H,24,25,26)/t17-/m0/s1. The molecule has 27 heavy (non-hydrogen) atoms. The third-order valence-corrected chi connectivity index (χ3v) is 4.83. The predicted octanol–water partition coefficient (Wildman–Crippen LogP) is 4.57. The summed E-state index contributed by atoms with van der Waals surface area (Å²) in [6.45, 7) is 6.20. The van der Waals surface area contributed by atoms with Crippen molar-refractivity contribution in [2.75, 3.05) is 5.32 Å². The summed E-state index contributed by atoms with van der Waals surface area (Å²) in [5, 5.41) is 5.34. The Balaban J connectivity index is 1.74. The fourth-order valence-corrected chi connectivity index (χ4v) is 3.54. The lowest BCUT2D eigenvalue weighted by Gasteiger charge is -2.22. The van der Waals surface area contributed by atoms with E-state index >= 15 is 0 Å². The van der Waals surface area contributed by atoms with Crippen molar-refractivity contribution in [3.8, 4) is 22.4 Å². The summed E-state index contributed by atoms with van der Waals surface area (Å²) in [6.07, 6.45) is 4.17. The number of carbonyl (C=O) groups is 1. The maximum atomic E-state index is 12.3. The van der Waals surface area contributed by atoms with Crippen molar-refractivity contribution in [2.45, 2.75) is 33.2 Å². The van der Waals surface area contributed by atoms with Crippen molar-refractivity contribution in [2.24, 2.45) is 11.1 Å². The number of thiazole rings is 1. The van der Waals surface area contributed by atoms with Gasteiger partial charge in [-0.2, -0.15) is 0 Å². The molecule has 3 N–H and O–H groups in total. The van der Waals surface area contributed by atoms with Crippen LogP contribution in [0, 0.1) is 5.41 Å². The van der Waals surface area contributed by atoms with Crippen LogP contribution >= 0.6 is 11.3 Å². The average Bonchev–Trinajstić information content (AvgIpc) is 3.10. The first-order chi connectivity index (χ1) is 12.8. The highest BCUT2D eigenvalue weighted by molar-refractivity contribution is 7.14. The molecule has 140 valence electrons. The number of benzene rings is 1. The van der Waals surface area contributed by atoms with Crippen LogP contribution in [0.2, 0.25) is 0 Å². The van der Waals surface area contributed by atoms with Gasteiger partial charge in [0.25, 0.3) is 0 Å². The topological polar surface area (TPSA) is 80.9 Å². The normalized spacial score (nSPS) is 12.6. The SMILES string of the molecule is CC(C)(C)C[C@H](N)C(=O)Nc1nc(-c2cccc(-c3ccncc3)c2)cs1. The molecule has 0 radical (unpaired) electrons. The molecule has 0 saturated carbocycles. The van der Waals surface area contributed by atoms with E-state index in [-0.39, 0.29) is 11.3 Å². The predicted molar refractivity (Wildman–Crippen MR) is 111 cm³/mol. The van der Waals surface area contributed by atoms with Gasteiger partial charge in [-0.1, -0.05) is 39.0 Å². The Labute approximate surface area is 163 Å². The Morgan fingerprint density at radius 1 is 1.15 bits per heavy atom. The number of amides is 1. The van der Waals surface area contributed by atoms with E-state index in [0.29, 0.717) is 11.6 Å². The summed E-state index contributed by atoms with van der Waals surface area (Å²) in [5.41, 5.74) is 10.0. The summed E-state index contributed by atoms with van der Waals surface area (Å²) < 4.78 is 0. The van der Waals surface area contributed by atoms with E-state index in [4.69, 9.17) is 5.73 Å². The van der Waals surface area contributed by atoms with Crippen LogP contribution in [0.25, 0.3) is 22.4 Å². The maximum absolute atomic E-state index is 12.3. The molecule has 5 nitrogen and oxygen atoms in total. The second-order valence-corrected chi connectivity index (χ2v) is 8.57. The van der Waals surface area contributed by atoms with Gasteiger partial charge < -0.3 is 11.1 Å². The fraction of sp³-hybridized carbons (Fsp3) is 0.286. The molecule has 3 rings (SSSR count). The first-order valence-corrected chi connectivity index (χ1v) is 9.73. The largest absolute Gasteiger partial charge is 0.320 e. The number of aromatic nitrogens is 2. The Morgan fingerprint density at radius 3 is 2.56 bits per heavy atom. The number of hydrogen-bond donors (Lipinski definition) is 2. The molecule has 0 aliphatic carbocycles. The number of anilines is 1. The zero-order valence-electron chi connectivity index (χ0n) is 15.8. The molecule has 2 aromatic heterocycles. The molecule has 0 spiro atoms. The second-order valence-electron chi connectivity index (χ2n) is 7.72. The van der Waals surface area contributed by atoms with Gasteiger partial charge in [0.05, 0.1) is 11.7 Å². The van der Waals surface area contributed by atoms with Crippen molar-refractivity contribution < 1.29 is 4.79 Å². The van der Waals surface area contributed by atoms with Crippen molar-refractivity contribution in [1.82, 2.24) is 9.97 Å². The number of hydrogen-bond acceptors (Lipinski definition) is 5. The van der Waals surface area contributed by atoms with Gasteiger partial charge >= 0.3 is 0 Å². The van der Waals surface area contributed by atoms with E-state index < -0.39 is 6.04 Å². The number of nitrogens with two attached hydrogens (primary N) is 1. The minimum Gasteiger partial charge on any atom is -0.320 e. The van der Waals surface area contributed by atoms with Crippen LogP contribution in [0.4, 0.5) is 5.13 Å². The Morgan fingerprint density at radius 2 is 1.85 bits per heavy atom. The van der Waals surface area contributed by atoms with Gasteiger partial charge in [0.2, 0.25) is 5.91 Å². The van der Waals surface area contributed by atoms with Crippen LogP contribution in [-0.4, -0.2) is 21.9 Å². The smallest absolute Gasteiger partial charge is 0.243 e. The Hall–Kier alpha value is -2.57. The zero-order chi connectivity index (χ0) is 19.4. The maximum Gasteiger partial charge on any atom is 0.243 e. The van der Waals surface area contributed by atoms with Gasteiger partial charge in [-0.3, -0.25) is 9.78 Å². The van der Waals surface area contributed by atoms with Crippen molar-refractivity contribution in [3.05, 3.63) is 54.2 Å². The summed E-state index contributed by atoms with van der Waals surface area (Å²) in [5.74, 6) is -0.198. The van der Waals surface area contributed by atoms with Gasteiger partial charge in [0, 0.05) is 23.3 Å². The first kappa shape index (κ1) is 19.2. The van der Waals surface area contributed by atoms with Gasteiger partial charge in [0.15, 0.2) is 5.13 Å². The number of pyridine rings is 1. The van der Waals surface area contributed by atoms with Crippen LogP contribution in [0.15, 0.2) is 54.2 Å². The minimum absolute atomic E-state index is 0.00179. The molecule has 0 aliphatic rings. The zero-order valence-corrected chi connectivity index (χ0v) is 16.6. The molecule has 2 heterocycles. The van der Waals surface area contributed by atoms with Crippen LogP contribution in [0.5, 0.6) is 0 Å². The lowest BCUT2D eigenvalue weighted by atomic mass is 9.88. The van der Waals surface area contributed by atoms with E-state index in [0.717, 1.165) is 22.4 Å². The second kappa shape index (κ2) is 7.98. The summed E-state index contributed by atoms with van der Waals surface area (Å²) in [7, 11) is 0. The molecule has 1 atom stereocenters. The van der Waals surface area contributed by atoms with E-state index in [9.17, 15) is 4.79 Å². The summed E-state index contributed by atoms with van der Waals surface area (Å²) in [6, 6.07) is 11.6. The monoisotopic (exact) mass is 380 g/mol. The summed E-state index contributed by atoms with van der Waals surface area (Å²) >= 11 is 1.40. The number of carbonyl (C=O) groups excluding carboxylic acids is 1. The lowest BCUT2D eigenvalue weighted by Crippen LogP contribution is -2.38. The lowest BCUT2D eigenvalue weighted by molar-refractivity contribution is -0.118. The van der Waals surface area contributed by atoms with Crippen molar-refractivity contribution >= 4 is 22.4 Å². The van der Waals surface area contributed by atoms with Crippen LogP contribution < -0.4 is 11.1 Å². The Kier molecular flexibility index (Phi) is 5.68. The number of nitrogens with zero attached hydrogens (tertiary/aromatic N) is 2. The first-order valence-electron chi connectivity index (χ1n) is 8.85. The average molecular weight is 381 g/mol. The molecule has 3 aromatic rings. The van der Waals surface area contributed by atoms with Gasteiger partial charge in [-0.05, 0) is 41.2 Å². The number of rotatable bonds is 5. The molecule has 1 amide bonds. The highest BCUT2D eigenvalue weighted by atomic mass is 32.1. The van der Waals surface area contributed by atoms with E-state index in [2.05, 4.69) is 48.2 Å². The van der Waals surface area contributed by atoms with E-state index in [1.807, 2.05) is 29.6 Å². The quantitative estimate of drug-likeness (QED) is 0.679. The third kappa shape index (κ3) is 5.21. The van der Waals surface area contributed by atoms with Gasteiger partial charge in [-0.15, -0.1) is 11.3 Å². The number of nitrogens with one attached hydrogen (secondary N) is 1. The van der Waals surface area contributed by atoms with Crippen molar-refractivity contribution in [1.29, 1.82) is 0 Å². The van der Waals surface area contributed by atoms with E-state index in [1.54, 1.807) is 12.4 Å². The Bertz CT molecular complexity index is 915. The molecule has 0 saturated heterocycles. The van der Waals surface area contributed by atoms with Crippen molar-refractivity contribution in [3.63, 3.8) is 0 Å². The highest BCUT2D eigenvalue weighted by Crippen LogP contribution is 2.29.